The molecular weight excluding hydrogens is 305 g/mol. The van der Waals surface area contributed by atoms with Gasteiger partial charge in [0.2, 0.25) is 10.0 Å². The fraction of sp³-hybridized carbons (Fsp3) is 0.0769. The number of benzene rings is 2. The average molecular weight is 316 g/mol. The number of anilines is 1. The van der Waals surface area contributed by atoms with Crippen molar-refractivity contribution in [2.24, 2.45) is 0 Å². The van der Waals surface area contributed by atoms with Gasteiger partial charge in [-0.2, -0.15) is 0 Å². The van der Waals surface area contributed by atoms with E-state index in [1.54, 1.807) is 0 Å². The van der Waals surface area contributed by atoms with Crippen molar-refractivity contribution in [3.8, 4) is 0 Å². The third-order valence-electron chi connectivity index (χ3n) is 2.65. The van der Waals surface area contributed by atoms with E-state index in [0.717, 1.165) is 30.3 Å². The minimum atomic E-state index is -4.01. The highest BCUT2D eigenvalue weighted by atomic mass is 32.2. The predicted molar refractivity (Wildman–Crippen MR) is 71.2 cm³/mol. The van der Waals surface area contributed by atoms with Crippen molar-refractivity contribution in [1.29, 1.82) is 0 Å². The molecule has 2 rings (SSSR count). The first kappa shape index (κ1) is 15.3. The Kier molecular flexibility index (Phi) is 4.19. The quantitative estimate of drug-likeness (QED) is 0.849. The number of nitrogens with one attached hydrogen (secondary N) is 1. The Morgan fingerprint density at radius 3 is 2.33 bits per heavy atom. The summed E-state index contributed by atoms with van der Waals surface area (Å²) >= 11 is 0. The molecule has 4 nitrogen and oxygen atoms in total. The van der Waals surface area contributed by atoms with Gasteiger partial charge in [-0.25, -0.2) is 26.3 Å². The van der Waals surface area contributed by atoms with Gasteiger partial charge in [0, 0.05) is 12.2 Å². The maximum Gasteiger partial charge on any atom is 0.241 e. The molecule has 0 unspecified atom stereocenters. The zero-order valence-electron chi connectivity index (χ0n) is 10.6. The molecule has 0 heterocycles. The summed E-state index contributed by atoms with van der Waals surface area (Å²) in [6, 6.07) is 5.88. The van der Waals surface area contributed by atoms with E-state index in [-0.39, 0.29) is 22.7 Å². The summed E-state index contributed by atoms with van der Waals surface area (Å²) in [7, 11) is -4.01. The van der Waals surface area contributed by atoms with Crippen LogP contribution in [0.4, 0.5) is 18.9 Å². The Morgan fingerprint density at radius 1 is 1.00 bits per heavy atom. The van der Waals surface area contributed by atoms with E-state index in [0.29, 0.717) is 0 Å². The zero-order valence-corrected chi connectivity index (χ0v) is 11.4. The van der Waals surface area contributed by atoms with Crippen molar-refractivity contribution >= 4 is 15.7 Å². The monoisotopic (exact) mass is 316 g/mol. The van der Waals surface area contributed by atoms with Gasteiger partial charge in [0.15, 0.2) is 11.6 Å². The molecule has 21 heavy (non-hydrogen) atoms. The van der Waals surface area contributed by atoms with Crippen LogP contribution >= 0.6 is 0 Å². The maximum atomic E-state index is 13.2. The summed E-state index contributed by atoms with van der Waals surface area (Å²) in [5, 5.41) is 0. The molecule has 2 aromatic rings. The lowest BCUT2D eigenvalue weighted by atomic mass is 10.2. The number of nitrogens with two attached hydrogens (primary N) is 1. The van der Waals surface area contributed by atoms with Crippen LogP contribution in [0, 0.1) is 17.5 Å². The second-order valence-corrected chi connectivity index (χ2v) is 6.06. The molecule has 0 aliphatic carbocycles. The Morgan fingerprint density at radius 2 is 1.71 bits per heavy atom. The van der Waals surface area contributed by atoms with Crippen LogP contribution in [0.1, 0.15) is 5.56 Å². The molecule has 0 radical (unpaired) electrons. The third kappa shape index (κ3) is 3.73. The van der Waals surface area contributed by atoms with E-state index < -0.39 is 27.5 Å². The smallest absolute Gasteiger partial charge is 0.241 e. The molecule has 3 N–H and O–H groups in total. The standard InChI is InChI=1S/C13H11F3N2O2S/c14-9-4-10(17)6-11(5-9)21(19,20)18-7-8-1-2-12(15)13(16)3-8/h1-6,18H,7,17H2. The number of rotatable bonds is 4. The molecule has 0 fully saturated rings. The first-order valence-electron chi connectivity index (χ1n) is 5.77. The van der Waals surface area contributed by atoms with Crippen LogP contribution in [0.5, 0.6) is 0 Å². The SMILES string of the molecule is Nc1cc(F)cc(S(=O)(=O)NCc2ccc(F)c(F)c2)c1. The summed E-state index contributed by atoms with van der Waals surface area (Å²) in [6.45, 7) is -0.268. The molecule has 0 saturated carbocycles. The lowest BCUT2D eigenvalue weighted by molar-refractivity contribution is 0.506. The Hall–Kier alpha value is -2.06. The number of sulfonamides is 1. The van der Waals surface area contributed by atoms with Gasteiger partial charge in [-0.3, -0.25) is 0 Å². The van der Waals surface area contributed by atoms with Gasteiger partial charge in [-0.15, -0.1) is 0 Å². The molecule has 112 valence electrons. The maximum absolute atomic E-state index is 13.2. The van der Waals surface area contributed by atoms with E-state index in [9.17, 15) is 21.6 Å². The summed E-state index contributed by atoms with van der Waals surface area (Å²) in [6.07, 6.45) is 0. The zero-order chi connectivity index (χ0) is 15.6. The number of hydrogen-bond donors (Lipinski definition) is 2. The van der Waals surface area contributed by atoms with Crippen molar-refractivity contribution in [3.63, 3.8) is 0 Å². The first-order valence-corrected chi connectivity index (χ1v) is 7.26. The van der Waals surface area contributed by atoms with Crippen LogP contribution < -0.4 is 10.5 Å². The van der Waals surface area contributed by atoms with Gasteiger partial charge in [-0.05, 0) is 35.9 Å². The van der Waals surface area contributed by atoms with E-state index >= 15 is 0 Å². The van der Waals surface area contributed by atoms with Crippen molar-refractivity contribution < 1.29 is 21.6 Å². The summed E-state index contributed by atoms with van der Waals surface area (Å²) in [4.78, 5) is -0.345. The van der Waals surface area contributed by atoms with Crippen LogP contribution in [0.2, 0.25) is 0 Å². The predicted octanol–water partition coefficient (Wildman–Crippen LogP) is 2.16. The Labute approximate surface area is 119 Å². The van der Waals surface area contributed by atoms with Gasteiger partial charge in [0.25, 0.3) is 0 Å². The van der Waals surface area contributed by atoms with Crippen molar-refractivity contribution in [2.45, 2.75) is 11.4 Å². The highest BCUT2D eigenvalue weighted by molar-refractivity contribution is 7.89. The van der Waals surface area contributed by atoms with Gasteiger partial charge >= 0.3 is 0 Å². The lowest BCUT2D eigenvalue weighted by Gasteiger charge is -2.08. The van der Waals surface area contributed by atoms with E-state index in [2.05, 4.69) is 4.72 Å². The molecule has 0 aliphatic rings. The minimum Gasteiger partial charge on any atom is -0.399 e. The van der Waals surface area contributed by atoms with E-state index in [1.807, 2.05) is 0 Å². The number of halogens is 3. The molecule has 0 amide bonds. The number of hydrogen-bond acceptors (Lipinski definition) is 3. The van der Waals surface area contributed by atoms with Crippen molar-refractivity contribution in [3.05, 3.63) is 59.4 Å². The van der Waals surface area contributed by atoms with Gasteiger partial charge < -0.3 is 5.73 Å². The van der Waals surface area contributed by atoms with Gasteiger partial charge in [0.05, 0.1) is 4.90 Å². The Balaban J connectivity index is 2.19. The highest BCUT2D eigenvalue weighted by Crippen LogP contribution is 2.16. The molecule has 0 spiro atoms. The first-order chi connectivity index (χ1) is 9.78. The molecular formula is C13H11F3N2O2S. The summed E-state index contributed by atoms with van der Waals surface area (Å²) in [5.74, 6) is -2.90. The van der Waals surface area contributed by atoms with Crippen molar-refractivity contribution in [2.75, 3.05) is 5.73 Å². The second kappa shape index (κ2) is 5.74. The van der Waals surface area contributed by atoms with Crippen LogP contribution in [-0.4, -0.2) is 8.42 Å². The molecule has 2 aromatic carbocycles. The molecule has 0 bridgehead atoms. The molecule has 8 heteroatoms. The van der Waals surface area contributed by atoms with E-state index in [1.165, 1.54) is 6.07 Å². The minimum absolute atomic E-state index is 0.0387. The third-order valence-corrected chi connectivity index (χ3v) is 4.03. The molecule has 0 atom stereocenters. The van der Waals surface area contributed by atoms with Gasteiger partial charge in [0.1, 0.15) is 5.82 Å². The van der Waals surface area contributed by atoms with Crippen molar-refractivity contribution in [1.82, 2.24) is 4.72 Å². The second-order valence-electron chi connectivity index (χ2n) is 4.29. The Bertz CT molecular complexity index is 759. The van der Waals surface area contributed by atoms with Gasteiger partial charge in [-0.1, -0.05) is 6.07 Å². The molecule has 0 aliphatic heterocycles. The fourth-order valence-corrected chi connectivity index (χ4v) is 2.73. The normalized spacial score (nSPS) is 11.6. The highest BCUT2D eigenvalue weighted by Gasteiger charge is 2.16. The largest absolute Gasteiger partial charge is 0.399 e. The summed E-state index contributed by atoms with van der Waals surface area (Å²) in [5.41, 5.74) is 5.56. The lowest BCUT2D eigenvalue weighted by Crippen LogP contribution is -2.23. The topological polar surface area (TPSA) is 72.2 Å². The molecule has 0 aromatic heterocycles. The number of nitrogen functional groups attached to an aromatic ring is 1. The van der Waals surface area contributed by atoms with Crippen LogP contribution in [-0.2, 0) is 16.6 Å². The average Bonchev–Trinajstić information content (AvgIpc) is 2.39. The summed E-state index contributed by atoms with van der Waals surface area (Å²) < 4.78 is 65.0. The van der Waals surface area contributed by atoms with Crippen LogP contribution in [0.15, 0.2) is 41.3 Å². The van der Waals surface area contributed by atoms with Crippen LogP contribution in [0.3, 0.4) is 0 Å². The molecule has 0 saturated heterocycles. The van der Waals surface area contributed by atoms with Crippen LogP contribution in [0.25, 0.3) is 0 Å². The van der Waals surface area contributed by atoms with E-state index in [4.69, 9.17) is 5.73 Å². The fourth-order valence-electron chi connectivity index (χ4n) is 1.65.